The monoisotopic (exact) mass is 740 g/mol. The Morgan fingerprint density at radius 3 is 1.83 bits per heavy atom. The van der Waals surface area contributed by atoms with E-state index in [2.05, 4.69) is 210 Å². The maximum atomic E-state index is 5.38. The Kier molecular flexibility index (Phi) is 7.32. The Morgan fingerprint density at radius 2 is 1.07 bits per heavy atom. The first-order chi connectivity index (χ1) is 28.8. The molecule has 4 heteroatoms. The molecule has 1 aliphatic carbocycles. The lowest BCUT2D eigenvalue weighted by molar-refractivity contribution is 0.818. The minimum atomic E-state index is 0.0627. The summed E-state index contributed by atoms with van der Waals surface area (Å²) < 4.78 is 2.40. The van der Waals surface area contributed by atoms with E-state index in [1.54, 1.807) is 0 Å². The van der Waals surface area contributed by atoms with Crippen LogP contribution in [0.3, 0.4) is 0 Å². The third-order valence-electron chi connectivity index (χ3n) is 12.1. The van der Waals surface area contributed by atoms with Crippen LogP contribution >= 0.6 is 0 Å². The Bertz CT molecular complexity index is 3370. The van der Waals surface area contributed by atoms with Gasteiger partial charge in [-0.3, -0.25) is 0 Å². The molecule has 0 spiro atoms. The quantitative estimate of drug-likeness (QED) is 0.176. The van der Waals surface area contributed by atoms with Gasteiger partial charge in [-0.1, -0.05) is 146 Å². The average molecular weight is 741 g/mol. The summed E-state index contributed by atoms with van der Waals surface area (Å²) in [5.41, 5.74) is 15.0. The van der Waals surface area contributed by atoms with Crippen molar-refractivity contribution in [3.8, 4) is 39.2 Å². The molecule has 1 aliphatic heterocycles. The first-order valence-electron chi connectivity index (χ1n) is 20.0. The molecule has 0 radical (unpaired) electrons. The fourth-order valence-electron chi connectivity index (χ4n) is 9.43. The van der Waals surface area contributed by atoms with Crippen LogP contribution in [-0.4, -0.2) is 20.6 Å². The number of aromatic nitrogens is 3. The number of benzene rings is 8. The zero-order valence-corrected chi connectivity index (χ0v) is 31.6. The summed E-state index contributed by atoms with van der Waals surface area (Å²) >= 11 is 0. The molecule has 3 heterocycles. The number of rotatable bonds is 5. The van der Waals surface area contributed by atoms with E-state index in [9.17, 15) is 0 Å². The number of nitrogens with zero attached hydrogens (tertiary/aromatic N) is 4. The van der Waals surface area contributed by atoms with Gasteiger partial charge in [0.25, 0.3) is 0 Å². The van der Waals surface area contributed by atoms with Crippen molar-refractivity contribution in [3.05, 3.63) is 210 Å². The largest absolute Gasteiger partial charge is 0.309 e. The van der Waals surface area contributed by atoms with Gasteiger partial charge in [0.15, 0.2) is 0 Å². The van der Waals surface area contributed by atoms with Crippen molar-refractivity contribution in [2.24, 2.45) is 0 Å². The molecule has 10 aromatic rings. The van der Waals surface area contributed by atoms with Crippen LogP contribution in [-0.2, 0) is 0 Å². The molecule has 0 saturated carbocycles. The second kappa shape index (κ2) is 13.0. The molecule has 0 bridgehead atoms. The number of para-hydroxylation sites is 2. The lowest BCUT2D eigenvalue weighted by Gasteiger charge is -2.27. The van der Waals surface area contributed by atoms with Crippen LogP contribution in [0.2, 0.25) is 0 Å². The fourth-order valence-corrected chi connectivity index (χ4v) is 9.43. The number of hydrogen-bond acceptors (Lipinski definition) is 3. The molecule has 58 heavy (non-hydrogen) atoms. The predicted octanol–water partition coefficient (Wildman–Crippen LogP) is 11.6. The summed E-state index contributed by atoms with van der Waals surface area (Å²) in [5, 5.41) is 6.08. The minimum absolute atomic E-state index is 0.0627. The summed E-state index contributed by atoms with van der Waals surface area (Å²) in [5.74, 6) is 0.726. The smallest absolute Gasteiger partial charge is 0.231 e. The molecular weight excluding hydrogens is 705 g/mol. The van der Waals surface area contributed by atoms with Crippen molar-refractivity contribution in [2.45, 2.75) is 12.5 Å². The lowest BCUT2D eigenvalue weighted by Crippen LogP contribution is -2.38. The lowest BCUT2D eigenvalue weighted by atomic mass is 9.90. The molecule has 2 aromatic heterocycles. The van der Waals surface area contributed by atoms with Gasteiger partial charge in [-0.15, -0.1) is 0 Å². The minimum Gasteiger partial charge on any atom is -0.309 e. The molecule has 12 rings (SSSR count). The highest BCUT2D eigenvalue weighted by molar-refractivity contribution is 6.12. The molecule has 0 amide bonds. The number of hydrogen-bond donors (Lipinski definition) is 0. The third kappa shape index (κ3) is 5.08. The zero-order chi connectivity index (χ0) is 38.2. The van der Waals surface area contributed by atoms with Gasteiger partial charge in [0, 0.05) is 33.0 Å². The topological polar surface area (TPSA) is 34.0 Å². The van der Waals surface area contributed by atoms with Crippen molar-refractivity contribution in [2.75, 3.05) is 4.90 Å². The van der Waals surface area contributed by atoms with Gasteiger partial charge >= 0.3 is 0 Å². The van der Waals surface area contributed by atoms with Crippen LogP contribution < -0.4 is 15.3 Å². The summed E-state index contributed by atoms with van der Waals surface area (Å²) in [6.45, 7) is 0. The van der Waals surface area contributed by atoms with Crippen LogP contribution in [0.5, 0.6) is 0 Å². The second-order valence-corrected chi connectivity index (χ2v) is 15.3. The Hall–Kier alpha value is -7.56. The van der Waals surface area contributed by atoms with Gasteiger partial charge in [0.1, 0.15) is 0 Å². The molecule has 0 saturated heterocycles. The Labute approximate surface area is 336 Å². The molecule has 2 aliphatic rings. The maximum Gasteiger partial charge on any atom is 0.231 e. The molecular formula is C54H36N4. The van der Waals surface area contributed by atoms with Gasteiger partial charge < -0.3 is 9.47 Å². The standard InChI is InChI=1S/C54H36N4/c1-4-14-35(15-5-1)38-25-28-48-44(32-38)45-33-39(26-29-49(45)57(48)41-19-8-3-9-20-41)40-27-30-50-46(34-40)52-42-21-11-10-16-36(42)24-31-51(52)58(50)54-55-47-23-13-12-22-43(47)53(56-54)37-17-6-2-7-18-37/h1-30,32-34,51H,31H2. The summed E-state index contributed by atoms with van der Waals surface area (Å²) in [7, 11) is 0. The van der Waals surface area contributed by atoms with E-state index in [-0.39, 0.29) is 6.04 Å². The van der Waals surface area contributed by atoms with Crippen molar-refractivity contribution in [1.82, 2.24) is 14.5 Å². The van der Waals surface area contributed by atoms with E-state index in [4.69, 9.17) is 9.97 Å². The predicted molar refractivity (Wildman–Crippen MR) is 240 cm³/mol. The zero-order valence-electron chi connectivity index (χ0n) is 31.6. The molecule has 8 aromatic carbocycles. The Balaban J connectivity index is 1.07. The summed E-state index contributed by atoms with van der Waals surface area (Å²) in [6, 6.07) is 70.0. The van der Waals surface area contributed by atoms with E-state index in [1.807, 2.05) is 0 Å². The van der Waals surface area contributed by atoms with E-state index in [0.717, 1.165) is 45.9 Å². The van der Waals surface area contributed by atoms with Crippen molar-refractivity contribution in [1.29, 1.82) is 0 Å². The summed E-state index contributed by atoms with van der Waals surface area (Å²) in [4.78, 5) is 13.0. The van der Waals surface area contributed by atoms with Crippen molar-refractivity contribution in [3.63, 3.8) is 0 Å². The van der Waals surface area contributed by atoms with E-state index in [0.29, 0.717) is 0 Å². The molecule has 0 N–H and O–H groups in total. The second-order valence-electron chi connectivity index (χ2n) is 15.3. The molecule has 4 nitrogen and oxygen atoms in total. The van der Waals surface area contributed by atoms with Gasteiger partial charge in [0.05, 0.1) is 34.0 Å². The molecule has 1 unspecified atom stereocenters. The van der Waals surface area contributed by atoms with Crippen LogP contribution in [0, 0.1) is 0 Å². The van der Waals surface area contributed by atoms with E-state index >= 15 is 0 Å². The average Bonchev–Trinajstić information content (AvgIpc) is 3.81. The van der Waals surface area contributed by atoms with Crippen molar-refractivity contribution >= 4 is 56.0 Å². The van der Waals surface area contributed by atoms with Crippen LogP contribution in [0.4, 0.5) is 11.6 Å². The molecule has 272 valence electrons. The number of anilines is 2. The van der Waals surface area contributed by atoms with E-state index in [1.165, 1.54) is 65.6 Å². The third-order valence-corrected chi connectivity index (χ3v) is 12.1. The number of fused-ring (bicyclic) bond motifs is 8. The van der Waals surface area contributed by atoms with Crippen LogP contribution in [0.25, 0.3) is 83.6 Å². The van der Waals surface area contributed by atoms with Gasteiger partial charge in [-0.25, -0.2) is 9.97 Å². The van der Waals surface area contributed by atoms with Crippen LogP contribution in [0.1, 0.15) is 12.0 Å². The molecule has 1 atom stereocenters. The SMILES string of the molecule is C1=c2ccccc2=C2c3cc(-c4ccc5c(c4)c4cc(-c6ccccc6)ccc4n5-c4ccccc4)ccc3N(c3nc(-c4ccccc4)c4ccccc4n3)C2C1. The maximum absolute atomic E-state index is 5.38. The molecule has 0 fully saturated rings. The van der Waals surface area contributed by atoms with Crippen molar-refractivity contribution < 1.29 is 0 Å². The summed E-state index contributed by atoms with van der Waals surface area (Å²) in [6.07, 6.45) is 3.24. The van der Waals surface area contributed by atoms with Gasteiger partial charge in [-0.2, -0.15) is 0 Å². The first-order valence-corrected chi connectivity index (χ1v) is 20.0. The van der Waals surface area contributed by atoms with Crippen LogP contribution in [0.15, 0.2) is 194 Å². The first kappa shape index (κ1) is 32.7. The normalized spacial score (nSPS) is 14.4. The van der Waals surface area contributed by atoms with Gasteiger partial charge in [0.2, 0.25) is 5.95 Å². The van der Waals surface area contributed by atoms with Gasteiger partial charge in [-0.05, 0) is 99.3 Å². The highest BCUT2D eigenvalue weighted by atomic mass is 15.3. The highest BCUT2D eigenvalue weighted by Crippen LogP contribution is 2.47. The fraction of sp³-hybridized carbons (Fsp3) is 0.0370. The van der Waals surface area contributed by atoms with E-state index < -0.39 is 0 Å². The highest BCUT2D eigenvalue weighted by Gasteiger charge is 2.38. The Morgan fingerprint density at radius 1 is 0.466 bits per heavy atom.